The average Bonchev–Trinajstić information content (AvgIpc) is 3.46. The molecule has 8 heteroatoms. The lowest BCUT2D eigenvalue weighted by Gasteiger charge is -2.29. The van der Waals surface area contributed by atoms with Crippen LogP contribution in [-0.4, -0.2) is 33.1 Å². The van der Waals surface area contributed by atoms with Gasteiger partial charge in [0.15, 0.2) is 11.6 Å². The summed E-state index contributed by atoms with van der Waals surface area (Å²) in [7, 11) is 0. The van der Waals surface area contributed by atoms with Crippen molar-refractivity contribution < 1.29 is 18.7 Å². The molecule has 0 spiro atoms. The van der Waals surface area contributed by atoms with Crippen LogP contribution in [-0.2, 0) is 17.7 Å². The molecule has 5 rings (SSSR count). The van der Waals surface area contributed by atoms with Gasteiger partial charge in [0.05, 0.1) is 16.8 Å². The van der Waals surface area contributed by atoms with Gasteiger partial charge in [-0.1, -0.05) is 26.0 Å². The van der Waals surface area contributed by atoms with Crippen molar-refractivity contribution in [3.05, 3.63) is 76.5 Å². The lowest BCUT2D eigenvalue weighted by atomic mass is 9.75. The Kier molecular flexibility index (Phi) is 5.77. The van der Waals surface area contributed by atoms with Gasteiger partial charge in [-0.3, -0.25) is 9.59 Å². The van der Waals surface area contributed by atoms with Crippen LogP contribution in [0.15, 0.2) is 42.6 Å². The maximum atomic E-state index is 13.1. The number of hydrogen-bond donors (Lipinski definition) is 1. The first kappa shape index (κ1) is 22.4. The molecule has 2 aliphatic rings. The molecule has 2 aromatic heterocycles. The fraction of sp³-hybridized carbons (Fsp3) is 0.385. The molecule has 34 heavy (non-hydrogen) atoms. The van der Waals surface area contributed by atoms with Gasteiger partial charge in [0.25, 0.3) is 5.91 Å². The number of amides is 1. The summed E-state index contributed by atoms with van der Waals surface area (Å²) < 4.78 is 20.7. The predicted molar refractivity (Wildman–Crippen MR) is 123 cm³/mol. The number of hydrogen-bond acceptors (Lipinski definition) is 5. The highest BCUT2D eigenvalue weighted by molar-refractivity contribution is 6.00. The molecular formula is C26H27FN4O3. The zero-order chi connectivity index (χ0) is 23.9. The van der Waals surface area contributed by atoms with Gasteiger partial charge in [0.2, 0.25) is 0 Å². The zero-order valence-corrected chi connectivity index (χ0v) is 19.3. The SMILES string of the molecule is CC1(C)CC(=O)c2c(C3CCCO3)nn(-c3ccc(C(=O)NCc4ccc(F)cc4)cn3)c2C1. The van der Waals surface area contributed by atoms with E-state index in [0.29, 0.717) is 42.1 Å². The number of benzene rings is 1. The van der Waals surface area contributed by atoms with E-state index in [9.17, 15) is 14.0 Å². The number of halogens is 1. The van der Waals surface area contributed by atoms with Crippen LogP contribution < -0.4 is 5.32 Å². The van der Waals surface area contributed by atoms with E-state index in [4.69, 9.17) is 9.84 Å². The minimum absolute atomic E-state index is 0.0970. The Morgan fingerprint density at radius 2 is 2.00 bits per heavy atom. The molecule has 1 aromatic carbocycles. The summed E-state index contributed by atoms with van der Waals surface area (Å²) in [5.41, 5.74) is 3.27. The van der Waals surface area contributed by atoms with Gasteiger partial charge < -0.3 is 10.1 Å². The molecule has 1 amide bonds. The molecular weight excluding hydrogens is 435 g/mol. The summed E-state index contributed by atoms with van der Waals surface area (Å²) in [6, 6.07) is 9.42. The molecule has 0 radical (unpaired) electrons. The summed E-state index contributed by atoms with van der Waals surface area (Å²) in [5.74, 6) is 0.0616. The third-order valence-corrected chi connectivity index (χ3v) is 6.40. The molecule has 0 saturated carbocycles. The number of carbonyl (C=O) groups excluding carboxylic acids is 2. The number of carbonyl (C=O) groups is 2. The first-order chi connectivity index (χ1) is 16.3. The van der Waals surface area contributed by atoms with E-state index in [1.54, 1.807) is 28.9 Å². The first-order valence-electron chi connectivity index (χ1n) is 11.6. The topological polar surface area (TPSA) is 86.1 Å². The van der Waals surface area contributed by atoms with Crippen molar-refractivity contribution in [1.29, 1.82) is 0 Å². The number of pyridine rings is 1. The molecule has 3 aromatic rings. The van der Waals surface area contributed by atoms with Crippen LogP contribution in [0.4, 0.5) is 4.39 Å². The average molecular weight is 463 g/mol. The van der Waals surface area contributed by atoms with Gasteiger partial charge in [-0.2, -0.15) is 5.10 Å². The third kappa shape index (κ3) is 4.37. The number of ketones is 1. The van der Waals surface area contributed by atoms with E-state index in [0.717, 1.165) is 24.1 Å². The molecule has 1 unspecified atom stereocenters. The Hall–Kier alpha value is -3.39. The van der Waals surface area contributed by atoms with Crippen molar-refractivity contribution in [3.63, 3.8) is 0 Å². The molecule has 1 aliphatic heterocycles. The highest BCUT2D eigenvalue weighted by atomic mass is 19.1. The summed E-state index contributed by atoms with van der Waals surface area (Å²) in [6.45, 7) is 5.12. The van der Waals surface area contributed by atoms with Crippen LogP contribution in [0, 0.1) is 11.2 Å². The second kappa shape index (κ2) is 8.76. The first-order valence-corrected chi connectivity index (χ1v) is 11.6. The van der Waals surface area contributed by atoms with Gasteiger partial charge in [-0.05, 0) is 54.5 Å². The van der Waals surface area contributed by atoms with E-state index < -0.39 is 0 Å². The maximum Gasteiger partial charge on any atom is 0.253 e. The van der Waals surface area contributed by atoms with Crippen molar-refractivity contribution in [2.45, 2.75) is 52.2 Å². The standard InChI is InChI=1S/C26H27FN4O3/c1-26(2)12-19-23(20(32)13-26)24(21-4-3-11-34-21)30-31(19)22-10-7-17(15-28-22)25(33)29-14-16-5-8-18(27)9-6-16/h5-10,15,21H,3-4,11-14H2,1-2H3,(H,29,33). The lowest BCUT2D eigenvalue weighted by molar-refractivity contribution is 0.0884. The Morgan fingerprint density at radius 3 is 2.68 bits per heavy atom. The monoisotopic (exact) mass is 462 g/mol. The van der Waals surface area contributed by atoms with Crippen LogP contribution in [0.25, 0.3) is 5.82 Å². The predicted octanol–water partition coefficient (Wildman–Crippen LogP) is 4.34. The van der Waals surface area contributed by atoms with Gasteiger partial charge >= 0.3 is 0 Å². The highest BCUT2D eigenvalue weighted by Gasteiger charge is 2.39. The van der Waals surface area contributed by atoms with Gasteiger partial charge in [-0.25, -0.2) is 14.1 Å². The Morgan fingerprint density at radius 1 is 1.21 bits per heavy atom. The quantitative estimate of drug-likeness (QED) is 0.610. The fourth-order valence-corrected chi connectivity index (χ4v) is 4.72. The van der Waals surface area contributed by atoms with Crippen LogP contribution in [0.3, 0.4) is 0 Å². The summed E-state index contributed by atoms with van der Waals surface area (Å²) in [5, 5.41) is 7.61. The molecule has 0 bridgehead atoms. The van der Waals surface area contributed by atoms with E-state index in [1.165, 1.54) is 18.3 Å². The normalized spacial score (nSPS) is 19.1. The Balaban J connectivity index is 1.40. The number of rotatable bonds is 5. The highest BCUT2D eigenvalue weighted by Crippen LogP contribution is 2.40. The van der Waals surface area contributed by atoms with Crippen LogP contribution in [0.5, 0.6) is 0 Å². The largest absolute Gasteiger partial charge is 0.372 e. The lowest BCUT2D eigenvalue weighted by Crippen LogP contribution is -2.28. The Labute approximate surface area is 197 Å². The molecule has 1 atom stereocenters. The maximum absolute atomic E-state index is 13.1. The van der Waals surface area contributed by atoms with Crippen molar-refractivity contribution >= 4 is 11.7 Å². The molecule has 1 aliphatic carbocycles. The number of nitrogens with one attached hydrogen (secondary N) is 1. The zero-order valence-electron chi connectivity index (χ0n) is 19.3. The van der Waals surface area contributed by atoms with Crippen LogP contribution in [0.2, 0.25) is 0 Å². The number of fused-ring (bicyclic) bond motifs is 1. The molecule has 3 heterocycles. The van der Waals surface area contributed by atoms with Crippen LogP contribution in [0.1, 0.15) is 76.9 Å². The van der Waals surface area contributed by atoms with Gasteiger partial charge in [0, 0.05) is 25.8 Å². The van der Waals surface area contributed by atoms with Crippen molar-refractivity contribution in [3.8, 4) is 5.82 Å². The minimum atomic E-state index is -0.316. The number of nitrogens with zero attached hydrogens (tertiary/aromatic N) is 3. The fourth-order valence-electron chi connectivity index (χ4n) is 4.72. The number of aromatic nitrogens is 3. The van der Waals surface area contributed by atoms with E-state index in [1.807, 2.05) is 0 Å². The molecule has 1 saturated heterocycles. The minimum Gasteiger partial charge on any atom is -0.372 e. The van der Waals surface area contributed by atoms with E-state index in [2.05, 4.69) is 24.1 Å². The summed E-state index contributed by atoms with van der Waals surface area (Å²) in [4.78, 5) is 30.1. The Bertz CT molecular complexity index is 1230. The molecule has 1 fully saturated rings. The molecule has 1 N–H and O–H groups in total. The second-order valence-corrected chi connectivity index (χ2v) is 9.78. The summed E-state index contributed by atoms with van der Waals surface area (Å²) in [6.07, 6.45) is 4.32. The van der Waals surface area contributed by atoms with Crippen molar-refractivity contribution in [2.24, 2.45) is 5.41 Å². The summed E-state index contributed by atoms with van der Waals surface area (Å²) >= 11 is 0. The number of Topliss-reactive ketones (excluding diaryl/α,β-unsaturated/α-hetero) is 1. The van der Waals surface area contributed by atoms with Crippen molar-refractivity contribution in [1.82, 2.24) is 20.1 Å². The third-order valence-electron chi connectivity index (χ3n) is 6.40. The molecule has 176 valence electrons. The van der Waals surface area contributed by atoms with E-state index in [-0.39, 0.29) is 35.6 Å². The van der Waals surface area contributed by atoms with E-state index >= 15 is 0 Å². The van der Waals surface area contributed by atoms with Crippen molar-refractivity contribution in [2.75, 3.05) is 6.61 Å². The smallest absolute Gasteiger partial charge is 0.253 e. The number of ether oxygens (including phenoxy) is 1. The van der Waals surface area contributed by atoms with Crippen LogP contribution >= 0.6 is 0 Å². The second-order valence-electron chi connectivity index (χ2n) is 9.78. The van der Waals surface area contributed by atoms with Gasteiger partial charge in [-0.15, -0.1) is 0 Å². The molecule has 7 nitrogen and oxygen atoms in total. The van der Waals surface area contributed by atoms with Gasteiger partial charge in [0.1, 0.15) is 17.6 Å².